The number of rotatable bonds is 6. The molecule has 1 unspecified atom stereocenters. The Morgan fingerprint density at radius 2 is 1.76 bits per heavy atom. The van der Waals surface area contributed by atoms with E-state index in [1.807, 2.05) is 25.2 Å². The Hall–Kier alpha value is -4.14. The normalized spacial score (nSPS) is 14.9. The molecule has 1 aliphatic heterocycles. The van der Waals surface area contributed by atoms with Gasteiger partial charge < -0.3 is 31.2 Å². The number of carbonyl (C=O) groups excluding carboxylic acids is 3. The number of nitrogens with two attached hydrogens (primary N) is 2. The molecule has 3 aromatic rings. The topological polar surface area (TPSA) is 152 Å². The monoisotopic (exact) mass is 653 g/mol. The van der Waals surface area contributed by atoms with Crippen LogP contribution < -0.4 is 16.8 Å². The number of hydrogen-bond donors (Lipinski definition) is 4. The van der Waals surface area contributed by atoms with E-state index < -0.39 is 18.6 Å². The predicted octanol–water partition coefficient (Wildman–Crippen LogP) is 4.82. The summed E-state index contributed by atoms with van der Waals surface area (Å²) in [6, 6.07) is 12.8. The molecule has 5 rings (SSSR count). The number of thiophene rings is 1. The summed E-state index contributed by atoms with van der Waals surface area (Å²) in [5.74, 6) is -3.33. The van der Waals surface area contributed by atoms with Gasteiger partial charge in [-0.05, 0) is 60.5 Å². The number of nitrogens with one attached hydrogen (secondary N) is 2. The van der Waals surface area contributed by atoms with E-state index >= 15 is 0 Å². The van der Waals surface area contributed by atoms with Gasteiger partial charge in [0, 0.05) is 29.7 Å². The molecule has 246 valence electrons. The first-order valence-electron chi connectivity index (χ1n) is 13.6. The molecular weight excluding hydrogens is 614 g/mol. The Bertz CT molecular complexity index is 1390. The standard InChI is InChI=1S/C26H24F2N2O2S.C2H4F2O.CH4N2.CH5N.CH2O/c1-16-11-18(33-15-16)14-29-25(32)23-7-4-10-30(23)24(31)13-17-8-9-22-20(12-17)19-5-2-3-6-21(19)26(22,27)28;1-5-2(3)4;2-1-3;2*1-2/h2-3,5-6,8-9,11-12,15,23H,4,7,10,13-14H2,1H3,(H,29,32);2H,1H3;1H,(H3,2,3);2H2,1H3;1H2. The summed E-state index contributed by atoms with van der Waals surface area (Å²) in [5.41, 5.74) is 11.7. The van der Waals surface area contributed by atoms with Crippen molar-refractivity contribution in [3.63, 3.8) is 0 Å². The van der Waals surface area contributed by atoms with Gasteiger partial charge in [-0.2, -0.15) is 17.6 Å². The van der Waals surface area contributed by atoms with Gasteiger partial charge >= 0.3 is 6.61 Å². The highest BCUT2D eigenvalue weighted by atomic mass is 32.1. The van der Waals surface area contributed by atoms with Gasteiger partial charge in [0.2, 0.25) is 11.8 Å². The number of fused-ring (bicyclic) bond motifs is 3. The molecule has 2 aromatic carbocycles. The molecule has 1 aromatic heterocycles. The van der Waals surface area contributed by atoms with Crippen molar-refractivity contribution in [2.24, 2.45) is 11.5 Å². The maximum atomic E-state index is 14.8. The Morgan fingerprint density at radius 3 is 2.33 bits per heavy atom. The highest BCUT2D eigenvalue weighted by Crippen LogP contribution is 2.51. The van der Waals surface area contributed by atoms with Crippen LogP contribution in [0.15, 0.2) is 53.9 Å². The Kier molecular flexibility index (Phi) is 16.7. The zero-order valence-corrected chi connectivity index (χ0v) is 26.1. The van der Waals surface area contributed by atoms with Crippen LogP contribution in [-0.4, -0.2) is 63.2 Å². The van der Waals surface area contributed by atoms with Crippen molar-refractivity contribution in [3.8, 4) is 11.1 Å². The van der Waals surface area contributed by atoms with Crippen LogP contribution in [0.25, 0.3) is 11.1 Å². The Balaban J connectivity index is 0.000000737. The summed E-state index contributed by atoms with van der Waals surface area (Å²) in [5, 5.41) is 10.9. The lowest BCUT2D eigenvalue weighted by molar-refractivity contribution is -0.138. The summed E-state index contributed by atoms with van der Waals surface area (Å²) in [7, 11) is 2.45. The molecule has 2 aliphatic rings. The number of nitrogens with zero attached hydrogens (tertiary/aromatic N) is 1. The van der Waals surface area contributed by atoms with Gasteiger partial charge in [-0.1, -0.05) is 42.5 Å². The molecule has 0 saturated carbocycles. The van der Waals surface area contributed by atoms with Crippen LogP contribution in [0, 0.1) is 12.3 Å². The number of likely N-dealkylation sites (tertiary alicyclic amines) is 1. The van der Waals surface area contributed by atoms with Crippen molar-refractivity contribution < 1.29 is 36.7 Å². The van der Waals surface area contributed by atoms with E-state index in [1.54, 1.807) is 46.6 Å². The number of benzene rings is 2. The third-order valence-electron chi connectivity index (χ3n) is 6.61. The zero-order valence-electron chi connectivity index (χ0n) is 25.3. The van der Waals surface area contributed by atoms with Gasteiger partial charge in [0.05, 0.1) is 19.3 Å². The highest BCUT2D eigenvalue weighted by molar-refractivity contribution is 7.10. The van der Waals surface area contributed by atoms with Crippen molar-refractivity contribution in [3.05, 3.63) is 81.0 Å². The average molecular weight is 654 g/mol. The van der Waals surface area contributed by atoms with Gasteiger partial charge in [0.15, 0.2) is 0 Å². The maximum absolute atomic E-state index is 14.8. The van der Waals surface area contributed by atoms with Crippen molar-refractivity contribution in [1.29, 1.82) is 5.41 Å². The number of amides is 2. The number of methoxy groups -OCH3 is 1. The van der Waals surface area contributed by atoms with Crippen molar-refractivity contribution in [2.45, 2.75) is 51.3 Å². The van der Waals surface area contributed by atoms with Crippen LogP contribution in [0.1, 0.15) is 40.0 Å². The van der Waals surface area contributed by atoms with Gasteiger partial charge in [0.25, 0.3) is 5.92 Å². The minimum absolute atomic E-state index is 0.000638. The fraction of sp³-hybridized carbons (Fsp3) is 0.355. The van der Waals surface area contributed by atoms with Gasteiger partial charge in [-0.15, -0.1) is 11.3 Å². The van der Waals surface area contributed by atoms with Gasteiger partial charge in [-0.25, -0.2) is 0 Å². The second-order valence-electron chi connectivity index (χ2n) is 9.39. The smallest absolute Gasteiger partial charge is 0.345 e. The zero-order chi connectivity index (χ0) is 34.2. The van der Waals surface area contributed by atoms with E-state index in [0.717, 1.165) is 30.3 Å². The average Bonchev–Trinajstić information content (AvgIpc) is 3.76. The van der Waals surface area contributed by atoms with E-state index in [1.165, 1.54) is 19.2 Å². The third kappa shape index (κ3) is 10.5. The SMILES string of the molecule is C=O.CN.COC(F)F.Cc1csc(CNC(=O)C2CCCN2C(=O)Cc2ccc3c(c2)-c2ccccc2C3(F)F)c1.N=CN. The van der Waals surface area contributed by atoms with Crippen molar-refractivity contribution in [2.75, 3.05) is 20.7 Å². The molecule has 1 fully saturated rings. The first kappa shape index (κ1) is 38.9. The van der Waals surface area contributed by atoms with Crippen LogP contribution in [0.3, 0.4) is 0 Å². The van der Waals surface area contributed by atoms with E-state index in [4.69, 9.17) is 10.2 Å². The van der Waals surface area contributed by atoms with E-state index in [9.17, 15) is 27.2 Å². The summed E-state index contributed by atoms with van der Waals surface area (Å²) >= 11 is 1.60. The second kappa shape index (κ2) is 19.3. The lowest BCUT2D eigenvalue weighted by Gasteiger charge is -2.24. The molecule has 14 heteroatoms. The minimum Gasteiger partial charge on any atom is -0.390 e. The van der Waals surface area contributed by atoms with Crippen LogP contribution in [-0.2, 0) is 38.0 Å². The summed E-state index contributed by atoms with van der Waals surface area (Å²) in [6.45, 7) is 2.38. The van der Waals surface area contributed by atoms with E-state index in [0.29, 0.717) is 36.2 Å². The van der Waals surface area contributed by atoms with Crippen molar-refractivity contribution in [1.82, 2.24) is 10.2 Å². The van der Waals surface area contributed by atoms with Crippen LogP contribution in [0.4, 0.5) is 17.6 Å². The van der Waals surface area contributed by atoms with Crippen LogP contribution >= 0.6 is 11.3 Å². The number of alkyl halides is 4. The quantitative estimate of drug-likeness (QED) is 0.170. The molecule has 0 bridgehead atoms. The minimum atomic E-state index is -3.03. The Labute approximate surface area is 264 Å². The highest BCUT2D eigenvalue weighted by Gasteiger charge is 2.44. The number of ether oxygens (including phenoxy) is 1. The van der Waals surface area contributed by atoms with Crippen LogP contribution in [0.2, 0.25) is 0 Å². The molecule has 0 radical (unpaired) electrons. The van der Waals surface area contributed by atoms with Crippen molar-refractivity contribution >= 4 is 36.3 Å². The summed E-state index contributed by atoms with van der Waals surface area (Å²) < 4.78 is 54.1. The van der Waals surface area contributed by atoms with Crippen LogP contribution in [0.5, 0.6) is 0 Å². The molecule has 1 saturated heterocycles. The first-order valence-corrected chi connectivity index (χ1v) is 14.5. The molecule has 0 spiro atoms. The molecule has 9 nitrogen and oxygen atoms in total. The fourth-order valence-electron chi connectivity index (χ4n) is 4.82. The molecule has 2 heterocycles. The van der Waals surface area contributed by atoms with Gasteiger partial charge in [-0.3, -0.25) is 15.0 Å². The fourth-order valence-corrected chi connectivity index (χ4v) is 5.64. The summed E-state index contributed by atoms with van der Waals surface area (Å²) in [4.78, 5) is 36.6. The molecule has 45 heavy (non-hydrogen) atoms. The third-order valence-corrected chi connectivity index (χ3v) is 7.66. The number of aryl methyl sites for hydroxylation is 1. The molecule has 1 atom stereocenters. The predicted molar refractivity (Wildman–Crippen MR) is 167 cm³/mol. The molecular formula is C31H39F4N5O4S. The molecule has 1 aliphatic carbocycles. The number of hydrogen-bond acceptors (Lipinski definition) is 7. The number of halogens is 4. The largest absolute Gasteiger partial charge is 0.390 e. The maximum Gasteiger partial charge on any atom is 0.345 e. The second-order valence-corrected chi connectivity index (χ2v) is 10.4. The first-order chi connectivity index (χ1) is 21.5. The van der Waals surface area contributed by atoms with E-state index in [2.05, 4.69) is 21.5 Å². The number of carbonyl (C=O) groups is 3. The Morgan fingerprint density at radius 1 is 1.16 bits per heavy atom. The van der Waals surface area contributed by atoms with E-state index in [-0.39, 0.29) is 29.4 Å². The lowest BCUT2D eigenvalue weighted by atomic mass is 10.0. The molecule has 2 amide bonds. The summed E-state index contributed by atoms with van der Waals surface area (Å²) in [6.07, 6.45) is 2.23. The molecule has 6 N–H and O–H groups in total. The van der Waals surface area contributed by atoms with Gasteiger partial charge in [0.1, 0.15) is 12.8 Å². The lowest BCUT2D eigenvalue weighted by Crippen LogP contribution is -2.46.